The van der Waals surface area contributed by atoms with Crippen LogP contribution in [0, 0.1) is 18.3 Å². The van der Waals surface area contributed by atoms with Crippen LogP contribution in [0.15, 0.2) is 18.2 Å². The number of hydrogen-bond donors (Lipinski definition) is 2. The molecule has 2 N–H and O–H groups in total. The summed E-state index contributed by atoms with van der Waals surface area (Å²) in [6.07, 6.45) is 5.62. The molecule has 1 aromatic heterocycles. The van der Waals surface area contributed by atoms with Crippen molar-refractivity contribution in [1.82, 2.24) is 15.3 Å². The Kier molecular flexibility index (Phi) is 8.09. The molecule has 6 nitrogen and oxygen atoms in total. The van der Waals surface area contributed by atoms with Crippen molar-refractivity contribution in [2.45, 2.75) is 45.1 Å². The molecule has 1 aromatic carbocycles. The lowest BCUT2D eigenvalue weighted by Crippen LogP contribution is -2.45. The maximum atomic E-state index is 9.28. The van der Waals surface area contributed by atoms with Gasteiger partial charge in [-0.3, -0.25) is 0 Å². The summed E-state index contributed by atoms with van der Waals surface area (Å²) >= 11 is 0. The number of aryl methyl sites for hydroxylation is 2. The molecule has 1 aliphatic heterocycles. The molecular formula is C21H28Cl2N6. The fourth-order valence-electron chi connectivity index (χ4n) is 4.08. The number of aromatic nitrogens is 2. The highest BCUT2D eigenvalue weighted by Crippen LogP contribution is 2.32. The minimum absolute atomic E-state index is 0. The van der Waals surface area contributed by atoms with E-state index in [2.05, 4.69) is 21.6 Å². The largest absolute Gasteiger partial charge is 0.355 e. The average molecular weight is 435 g/mol. The summed E-state index contributed by atoms with van der Waals surface area (Å²) in [5, 5.41) is 16.0. The molecule has 0 spiro atoms. The second-order valence-corrected chi connectivity index (χ2v) is 7.49. The number of halogens is 2. The quantitative estimate of drug-likeness (QED) is 0.758. The summed E-state index contributed by atoms with van der Waals surface area (Å²) in [7, 11) is 2.04. The third kappa shape index (κ3) is 4.92. The van der Waals surface area contributed by atoms with Crippen LogP contribution in [0.2, 0.25) is 0 Å². The van der Waals surface area contributed by atoms with Crippen LogP contribution < -0.4 is 15.5 Å². The zero-order chi connectivity index (χ0) is 18.8. The maximum absolute atomic E-state index is 9.28. The molecule has 8 heteroatoms. The molecule has 2 aliphatic rings. The van der Waals surface area contributed by atoms with E-state index in [0.29, 0.717) is 17.6 Å². The monoisotopic (exact) mass is 434 g/mol. The Morgan fingerprint density at radius 1 is 1.17 bits per heavy atom. The van der Waals surface area contributed by atoms with Crippen molar-refractivity contribution in [2.24, 2.45) is 0 Å². The van der Waals surface area contributed by atoms with Gasteiger partial charge in [-0.2, -0.15) is 10.2 Å². The Labute approximate surface area is 184 Å². The second-order valence-electron chi connectivity index (χ2n) is 7.49. The molecule has 1 saturated heterocycles. The zero-order valence-electron chi connectivity index (χ0n) is 16.9. The Morgan fingerprint density at radius 3 is 2.76 bits per heavy atom. The molecular weight excluding hydrogens is 407 g/mol. The molecule has 2 aromatic rings. The first-order valence-electron chi connectivity index (χ1n) is 9.77. The Balaban J connectivity index is 0.00000150. The highest BCUT2D eigenvalue weighted by Gasteiger charge is 2.26. The SMILES string of the molecule is CN[C@@H]1CCCN(c2nc(Nc3ccc(C)c(C#N)c3)nc3c2CCC3)C1.Cl.Cl. The number of piperidine rings is 1. The Bertz CT molecular complexity index is 895. The Morgan fingerprint density at radius 2 is 2.00 bits per heavy atom. The van der Waals surface area contributed by atoms with Gasteiger partial charge in [0.15, 0.2) is 0 Å². The first-order valence-corrected chi connectivity index (χ1v) is 9.77. The third-order valence-corrected chi connectivity index (χ3v) is 5.65. The van der Waals surface area contributed by atoms with Gasteiger partial charge < -0.3 is 15.5 Å². The molecule has 0 radical (unpaired) electrons. The number of nitriles is 1. The number of anilines is 3. The van der Waals surface area contributed by atoms with Crippen LogP contribution in [-0.2, 0) is 12.8 Å². The summed E-state index contributed by atoms with van der Waals surface area (Å²) in [5.74, 6) is 1.72. The first kappa shape index (κ1) is 23.2. The van der Waals surface area contributed by atoms with Gasteiger partial charge in [0.25, 0.3) is 0 Å². The number of nitrogens with one attached hydrogen (secondary N) is 2. The van der Waals surface area contributed by atoms with Gasteiger partial charge in [-0.25, -0.2) is 4.98 Å². The van der Waals surface area contributed by atoms with Crippen LogP contribution in [0.3, 0.4) is 0 Å². The van der Waals surface area contributed by atoms with Gasteiger partial charge in [-0.1, -0.05) is 6.07 Å². The smallest absolute Gasteiger partial charge is 0.229 e. The molecule has 0 amide bonds. The molecule has 0 bridgehead atoms. The van der Waals surface area contributed by atoms with E-state index in [9.17, 15) is 5.26 Å². The van der Waals surface area contributed by atoms with Gasteiger partial charge in [0, 0.05) is 30.4 Å². The molecule has 0 unspecified atom stereocenters. The number of rotatable bonds is 4. The van der Waals surface area contributed by atoms with Crippen LogP contribution in [0.5, 0.6) is 0 Å². The number of benzene rings is 1. The number of likely N-dealkylation sites (N-methyl/N-ethyl adjacent to an activating group) is 1. The van der Waals surface area contributed by atoms with Crippen molar-refractivity contribution in [2.75, 3.05) is 30.4 Å². The minimum atomic E-state index is 0. The van der Waals surface area contributed by atoms with Gasteiger partial charge in [0.1, 0.15) is 5.82 Å². The van der Waals surface area contributed by atoms with Crippen molar-refractivity contribution in [3.63, 3.8) is 0 Å². The summed E-state index contributed by atoms with van der Waals surface area (Å²) in [5.41, 5.74) is 4.99. The lowest BCUT2D eigenvalue weighted by molar-refractivity contribution is 0.447. The predicted molar refractivity (Wildman–Crippen MR) is 122 cm³/mol. The molecule has 156 valence electrons. The minimum Gasteiger partial charge on any atom is -0.355 e. The van der Waals surface area contributed by atoms with Gasteiger partial charge >= 0.3 is 0 Å². The van der Waals surface area contributed by atoms with E-state index in [-0.39, 0.29) is 24.8 Å². The molecule has 0 saturated carbocycles. The highest BCUT2D eigenvalue weighted by molar-refractivity contribution is 5.85. The Hall–Kier alpha value is -2.07. The fraction of sp³-hybridized carbons (Fsp3) is 0.476. The topological polar surface area (TPSA) is 76.9 Å². The third-order valence-electron chi connectivity index (χ3n) is 5.65. The number of fused-ring (bicyclic) bond motifs is 1. The molecule has 1 fully saturated rings. The van der Waals surface area contributed by atoms with Gasteiger partial charge in [-0.05, 0) is 63.8 Å². The lowest BCUT2D eigenvalue weighted by atomic mass is 10.1. The van der Waals surface area contributed by atoms with Crippen LogP contribution >= 0.6 is 24.8 Å². The molecule has 1 atom stereocenters. The summed E-state index contributed by atoms with van der Waals surface area (Å²) in [4.78, 5) is 12.1. The highest BCUT2D eigenvalue weighted by atomic mass is 35.5. The maximum Gasteiger partial charge on any atom is 0.229 e. The molecule has 2 heterocycles. The molecule has 29 heavy (non-hydrogen) atoms. The van der Waals surface area contributed by atoms with Crippen molar-refractivity contribution >= 4 is 42.3 Å². The normalized spacial score (nSPS) is 17.6. The van der Waals surface area contributed by atoms with Crippen molar-refractivity contribution in [3.05, 3.63) is 40.6 Å². The summed E-state index contributed by atoms with van der Waals surface area (Å²) in [6.45, 7) is 3.98. The molecule has 4 rings (SSSR count). The van der Waals surface area contributed by atoms with Crippen LogP contribution in [0.4, 0.5) is 17.5 Å². The van der Waals surface area contributed by atoms with E-state index in [0.717, 1.165) is 49.4 Å². The lowest BCUT2D eigenvalue weighted by Gasteiger charge is -2.34. The van der Waals surface area contributed by atoms with E-state index in [4.69, 9.17) is 9.97 Å². The fourth-order valence-corrected chi connectivity index (χ4v) is 4.08. The van der Waals surface area contributed by atoms with Gasteiger partial charge in [0.2, 0.25) is 5.95 Å². The van der Waals surface area contributed by atoms with E-state index < -0.39 is 0 Å². The standard InChI is InChI=1S/C21H26N6.2ClH/c1-14-8-9-16(11-15(14)12-22)24-21-25-19-7-3-6-18(19)20(26-21)27-10-4-5-17(13-27)23-2;;/h8-9,11,17,23H,3-7,10,13H2,1-2H3,(H,24,25,26);2*1H/t17-;;/m1../s1. The second kappa shape index (κ2) is 10.1. The van der Waals surface area contributed by atoms with Crippen molar-refractivity contribution in [3.8, 4) is 6.07 Å². The van der Waals surface area contributed by atoms with Gasteiger partial charge in [0.05, 0.1) is 17.3 Å². The van der Waals surface area contributed by atoms with E-state index >= 15 is 0 Å². The number of nitrogens with zero attached hydrogens (tertiary/aromatic N) is 4. The van der Waals surface area contributed by atoms with E-state index in [1.165, 1.54) is 24.1 Å². The predicted octanol–water partition coefficient (Wildman–Crippen LogP) is 3.92. The zero-order valence-corrected chi connectivity index (χ0v) is 18.5. The van der Waals surface area contributed by atoms with E-state index in [1.807, 2.05) is 32.2 Å². The van der Waals surface area contributed by atoms with Crippen molar-refractivity contribution < 1.29 is 0 Å². The van der Waals surface area contributed by atoms with E-state index in [1.54, 1.807) is 0 Å². The van der Waals surface area contributed by atoms with Gasteiger partial charge in [-0.15, -0.1) is 24.8 Å². The first-order chi connectivity index (χ1) is 13.2. The van der Waals surface area contributed by atoms with Crippen LogP contribution in [-0.4, -0.2) is 36.1 Å². The number of hydrogen-bond acceptors (Lipinski definition) is 6. The summed E-state index contributed by atoms with van der Waals surface area (Å²) in [6, 6.07) is 8.55. The van der Waals surface area contributed by atoms with Crippen molar-refractivity contribution in [1.29, 1.82) is 5.26 Å². The molecule has 1 aliphatic carbocycles. The van der Waals surface area contributed by atoms with Crippen LogP contribution in [0.25, 0.3) is 0 Å². The summed E-state index contributed by atoms with van der Waals surface area (Å²) < 4.78 is 0. The van der Waals surface area contributed by atoms with Crippen LogP contribution in [0.1, 0.15) is 41.6 Å². The average Bonchev–Trinajstić information content (AvgIpc) is 3.17.